The SMILES string of the molecule is CCC(C)CSc1cc(F)ccc1N. The van der Waals surface area contributed by atoms with Gasteiger partial charge in [0, 0.05) is 16.3 Å². The minimum absolute atomic E-state index is 0.217. The molecule has 0 aromatic heterocycles. The first-order valence-electron chi connectivity index (χ1n) is 4.81. The van der Waals surface area contributed by atoms with Gasteiger partial charge in [0.2, 0.25) is 0 Å². The molecule has 0 bridgehead atoms. The highest BCUT2D eigenvalue weighted by molar-refractivity contribution is 7.99. The quantitative estimate of drug-likeness (QED) is 0.611. The third-order valence-electron chi connectivity index (χ3n) is 2.20. The van der Waals surface area contributed by atoms with Crippen LogP contribution >= 0.6 is 11.8 Å². The van der Waals surface area contributed by atoms with Crippen molar-refractivity contribution in [2.24, 2.45) is 5.92 Å². The molecule has 0 amide bonds. The van der Waals surface area contributed by atoms with Gasteiger partial charge in [-0.2, -0.15) is 0 Å². The molecule has 1 aromatic carbocycles. The maximum absolute atomic E-state index is 12.9. The maximum Gasteiger partial charge on any atom is 0.124 e. The van der Waals surface area contributed by atoms with Gasteiger partial charge >= 0.3 is 0 Å². The molecule has 0 radical (unpaired) electrons. The van der Waals surface area contributed by atoms with E-state index in [1.54, 1.807) is 17.8 Å². The van der Waals surface area contributed by atoms with Crippen LogP contribution in [0.5, 0.6) is 0 Å². The molecule has 1 atom stereocenters. The van der Waals surface area contributed by atoms with E-state index >= 15 is 0 Å². The van der Waals surface area contributed by atoms with E-state index in [1.807, 2.05) is 0 Å². The van der Waals surface area contributed by atoms with E-state index in [2.05, 4.69) is 13.8 Å². The summed E-state index contributed by atoms with van der Waals surface area (Å²) in [4.78, 5) is 0.852. The van der Waals surface area contributed by atoms with E-state index in [4.69, 9.17) is 5.73 Å². The van der Waals surface area contributed by atoms with Crippen molar-refractivity contribution >= 4 is 17.4 Å². The average Bonchev–Trinajstić information content (AvgIpc) is 2.19. The Morgan fingerprint density at radius 1 is 1.50 bits per heavy atom. The van der Waals surface area contributed by atoms with Crippen molar-refractivity contribution in [2.75, 3.05) is 11.5 Å². The summed E-state index contributed by atoms with van der Waals surface area (Å²) in [6, 6.07) is 4.51. The molecule has 0 heterocycles. The first kappa shape index (κ1) is 11.4. The fraction of sp³-hybridized carbons (Fsp3) is 0.455. The van der Waals surface area contributed by atoms with Gasteiger partial charge in [-0.15, -0.1) is 11.8 Å². The topological polar surface area (TPSA) is 26.0 Å². The Kier molecular flexibility index (Phi) is 4.26. The molecule has 0 aliphatic rings. The lowest BCUT2D eigenvalue weighted by Crippen LogP contribution is -1.97. The molecule has 1 rings (SSSR count). The Morgan fingerprint density at radius 3 is 2.86 bits per heavy atom. The van der Waals surface area contributed by atoms with Gasteiger partial charge in [0.1, 0.15) is 5.82 Å². The normalized spacial score (nSPS) is 12.8. The summed E-state index contributed by atoms with van der Waals surface area (Å²) >= 11 is 1.63. The van der Waals surface area contributed by atoms with Gasteiger partial charge in [-0.1, -0.05) is 20.3 Å². The molecule has 78 valence electrons. The molecule has 0 saturated carbocycles. The van der Waals surface area contributed by atoms with Gasteiger partial charge in [-0.05, 0) is 24.1 Å². The lowest BCUT2D eigenvalue weighted by atomic mass is 10.2. The number of nitrogen functional groups attached to an aromatic ring is 1. The van der Waals surface area contributed by atoms with Gasteiger partial charge in [-0.3, -0.25) is 0 Å². The van der Waals surface area contributed by atoms with E-state index in [9.17, 15) is 4.39 Å². The van der Waals surface area contributed by atoms with Crippen LogP contribution in [0.25, 0.3) is 0 Å². The summed E-state index contributed by atoms with van der Waals surface area (Å²) in [5.41, 5.74) is 6.40. The Labute approximate surface area is 88.9 Å². The summed E-state index contributed by atoms with van der Waals surface area (Å²) in [5.74, 6) is 1.41. The molecule has 1 aromatic rings. The highest BCUT2D eigenvalue weighted by Crippen LogP contribution is 2.27. The number of rotatable bonds is 4. The Morgan fingerprint density at radius 2 is 2.21 bits per heavy atom. The van der Waals surface area contributed by atoms with Crippen molar-refractivity contribution in [3.05, 3.63) is 24.0 Å². The van der Waals surface area contributed by atoms with Crippen LogP contribution in [0, 0.1) is 11.7 Å². The zero-order chi connectivity index (χ0) is 10.6. The first-order chi connectivity index (χ1) is 6.63. The third kappa shape index (κ3) is 3.22. The van der Waals surface area contributed by atoms with Crippen LogP contribution in [0.1, 0.15) is 20.3 Å². The van der Waals surface area contributed by atoms with E-state index in [1.165, 1.54) is 12.1 Å². The molecule has 0 spiro atoms. The number of hydrogen-bond acceptors (Lipinski definition) is 2. The molecule has 3 heteroatoms. The molecule has 2 N–H and O–H groups in total. The molecule has 0 aliphatic carbocycles. The number of hydrogen-bond donors (Lipinski definition) is 1. The van der Waals surface area contributed by atoms with Crippen LogP contribution in [0.4, 0.5) is 10.1 Å². The molecule has 0 saturated heterocycles. The van der Waals surface area contributed by atoms with Crippen molar-refractivity contribution in [3.63, 3.8) is 0 Å². The van der Waals surface area contributed by atoms with Gasteiger partial charge < -0.3 is 5.73 Å². The van der Waals surface area contributed by atoms with Gasteiger partial charge in [0.05, 0.1) is 0 Å². The lowest BCUT2D eigenvalue weighted by Gasteiger charge is -2.09. The second kappa shape index (κ2) is 5.25. The maximum atomic E-state index is 12.9. The molecular weight excluding hydrogens is 197 g/mol. The molecular formula is C11H16FNS. The number of benzene rings is 1. The lowest BCUT2D eigenvalue weighted by molar-refractivity contribution is 0.623. The second-order valence-corrected chi connectivity index (χ2v) is 4.57. The van der Waals surface area contributed by atoms with Crippen LogP contribution < -0.4 is 5.73 Å². The van der Waals surface area contributed by atoms with Crippen LogP contribution in [0.3, 0.4) is 0 Å². The second-order valence-electron chi connectivity index (χ2n) is 3.51. The highest BCUT2D eigenvalue weighted by Gasteiger charge is 2.04. The number of anilines is 1. The number of thioether (sulfide) groups is 1. The Balaban J connectivity index is 2.62. The molecule has 1 nitrogen and oxygen atoms in total. The van der Waals surface area contributed by atoms with Crippen LogP contribution in [-0.4, -0.2) is 5.75 Å². The molecule has 14 heavy (non-hydrogen) atoms. The summed E-state index contributed by atoms with van der Waals surface area (Å²) in [6.07, 6.45) is 1.14. The zero-order valence-electron chi connectivity index (χ0n) is 8.59. The van der Waals surface area contributed by atoms with Gasteiger partial charge in [-0.25, -0.2) is 4.39 Å². The third-order valence-corrected chi connectivity index (χ3v) is 3.60. The van der Waals surface area contributed by atoms with Crippen molar-refractivity contribution < 1.29 is 4.39 Å². The molecule has 0 fully saturated rings. The van der Waals surface area contributed by atoms with Crippen LogP contribution in [0.2, 0.25) is 0 Å². The zero-order valence-corrected chi connectivity index (χ0v) is 9.40. The summed E-state index contributed by atoms with van der Waals surface area (Å²) in [5, 5.41) is 0. The predicted octanol–water partition coefficient (Wildman–Crippen LogP) is 3.55. The van der Waals surface area contributed by atoms with Crippen molar-refractivity contribution in [1.29, 1.82) is 0 Å². The van der Waals surface area contributed by atoms with E-state index in [-0.39, 0.29) is 5.82 Å². The minimum Gasteiger partial charge on any atom is -0.398 e. The summed E-state index contributed by atoms with van der Waals surface area (Å²) in [7, 11) is 0. The van der Waals surface area contributed by atoms with E-state index < -0.39 is 0 Å². The largest absolute Gasteiger partial charge is 0.398 e. The van der Waals surface area contributed by atoms with Crippen LogP contribution in [-0.2, 0) is 0 Å². The number of halogens is 1. The molecule has 0 aliphatic heterocycles. The van der Waals surface area contributed by atoms with E-state index in [0.717, 1.165) is 17.1 Å². The smallest absolute Gasteiger partial charge is 0.124 e. The summed E-state index contributed by atoms with van der Waals surface area (Å²) < 4.78 is 12.9. The predicted molar refractivity (Wildman–Crippen MR) is 61.0 cm³/mol. The van der Waals surface area contributed by atoms with Gasteiger partial charge in [0.25, 0.3) is 0 Å². The van der Waals surface area contributed by atoms with Crippen molar-refractivity contribution in [3.8, 4) is 0 Å². The van der Waals surface area contributed by atoms with Crippen LogP contribution in [0.15, 0.2) is 23.1 Å². The summed E-state index contributed by atoms with van der Waals surface area (Å²) in [6.45, 7) is 4.34. The highest BCUT2D eigenvalue weighted by atomic mass is 32.2. The minimum atomic E-state index is -0.217. The standard InChI is InChI=1S/C11H16FNS/c1-3-8(2)7-14-11-6-9(12)4-5-10(11)13/h4-6,8H,3,7,13H2,1-2H3. The van der Waals surface area contributed by atoms with E-state index in [0.29, 0.717) is 11.6 Å². The van der Waals surface area contributed by atoms with Crippen molar-refractivity contribution in [2.45, 2.75) is 25.2 Å². The van der Waals surface area contributed by atoms with Crippen molar-refractivity contribution in [1.82, 2.24) is 0 Å². The Bertz CT molecular complexity index is 301. The monoisotopic (exact) mass is 213 g/mol. The first-order valence-corrected chi connectivity index (χ1v) is 5.80. The average molecular weight is 213 g/mol. The Hall–Kier alpha value is -0.700. The van der Waals surface area contributed by atoms with Gasteiger partial charge in [0.15, 0.2) is 0 Å². The fourth-order valence-electron chi connectivity index (χ4n) is 0.983. The fourth-order valence-corrected chi connectivity index (χ4v) is 2.11. The molecule has 1 unspecified atom stereocenters. The number of nitrogens with two attached hydrogens (primary N) is 1.